The third kappa shape index (κ3) is 4.04. The van der Waals surface area contributed by atoms with E-state index in [4.69, 9.17) is 4.74 Å². The highest BCUT2D eigenvalue weighted by Crippen LogP contribution is 2.34. The standard InChI is InChI=1S/C12H19F2NO4/c1-11(2,3)19-10(17)15-6-5-8(9(16)18-4)12(13,14)7-15/h8H,5-7H2,1-4H3. The fourth-order valence-electron chi connectivity index (χ4n) is 1.85. The Morgan fingerprint density at radius 1 is 1.32 bits per heavy atom. The molecular weight excluding hydrogens is 260 g/mol. The number of nitrogens with zero attached hydrogens (tertiary/aromatic N) is 1. The number of halogens is 2. The fourth-order valence-corrected chi connectivity index (χ4v) is 1.85. The topological polar surface area (TPSA) is 55.8 Å². The van der Waals surface area contributed by atoms with Crippen LogP contribution < -0.4 is 0 Å². The normalized spacial score (nSPS) is 22.8. The van der Waals surface area contributed by atoms with Gasteiger partial charge in [-0.05, 0) is 27.2 Å². The maximum atomic E-state index is 13.8. The van der Waals surface area contributed by atoms with E-state index in [0.29, 0.717) is 0 Å². The van der Waals surface area contributed by atoms with Crippen LogP contribution in [-0.2, 0) is 14.3 Å². The zero-order valence-electron chi connectivity index (χ0n) is 11.5. The molecule has 1 fully saturated rings. The molecule has 0 aromatic rings. The average molecular weight is 279 g/mol. The Bertz CT molecular complexity index is 365. The van der Waals surface area contributed by atoms with Crippen molar-refractivity contribution >= 4 is 12.1 Å². The van der Waals surface area contributed by atoms with Gasteiger partial charge < -0.3 is 14.4 Å². The Balaban J connectivity index is 2.70. The number of carbonyl (C=O) groups excluding carboxylic acids is 2. The largest absolute Gasteiger partial charge is 0.469 e. The van der Waals surface area contributed by atoms with Gasteiger partial charge in [-0.3, -0.25) is 4.79 Å². The predicted molar refractivity (Wildman–Crippen MR) is 62.9 cm³/mol. The number of rotatable bonds is 1. The molecule has 0 saturated carbocycles. The van der Waals surface area contributed by atoms with Crippen molar-refractivity contribution in [2.24, 2.45) is 5.92 Å². The molecule has 0 spiro atoms. The Hall–Kier alpha value is -1.40. The van der Waals surface area contributed by atoms with Gasteiger partial charge in [0.05, 0.1) is 13.7 Å². The molecular formula is C12H19F2NO4. The van der Waals surface area contributed by atoms with Gasteiger partial charge in [0.2, 0.25) is 0 Å². The summed E-state index contributed by atoms with van der Waals surface area (Å²) in [6, 6.07) is 0. The third-order valence-electron chi connectivity index (χ3n) is 2.74. The number of hydrogen-bond donors (Lipinski definition) is 0. The highest BCUT2D eigenvalue weighted by Gasteiger charge is 2.50. The van der Waals surface area contributed by atoms with E-state index >= 15 is 0 Å². The van der Waals surface area contributed by atoms with E-state index < -0.39 is 36.0 Å². The summed E-state index contributed by atoms with van der Waals surface area (Å²) in [6.07, 6.45) is -0.936. The zero-order valence-corrected chi connectivity index (χ0v) is 11.5. The number of piperidine rings is 1. The first-order valence-corrected chi connectivity index (χ1v) is 6.00. The van der Waals surface area contributed by atoms with Crippen molar-refractivity contribution in [2.45, 2.75) is 38.7 Å². The van der Waals surface area contributed by atoms with Crippen LogP contribution in [0.1, 0.15) is 27.2 Å². The van der Waals surface area contributed by atoms with Crippen LogP contribution in [0.3, 0.4) is 0 Å². The lowest BCUT2D eigenvalue weighted by atomic mass is 9.93. The first kappa shape index (κ1) is 15.7. The van der Waals surface area contributed by atoms with Gasteiger partial charge in [-0.1, -0.05) is 0 Å². The Morgan fingerprint density at radius 2 is 1.89 bits per heavy atom. The van der Waals surface area contributed by atoms with Crippen LogP contribution in [0.25, 0.3) is 0 Å². The van der Waals surface area contributed by atoms with Crippen molar-refractivity contribution in [3.05, 3.63) is 0 Å². The summed E-state index contributed by atoms with van der Waals surface area (Å²) in [6.45, 7) is 4.19. The smallest absolute Gasteiger partial charge is 0.410 e. The molecule has 1 atom stereocenters. The van der Waals surface area contributed by atoms with Crippen LogP contribution in [-0.4, -0.2) is 48.7 Å². The molecule has 5 nitrogen and oxygen atoms in total. The summed E-state index contributed by atoms with van der Waals surface area (Å²) in [4.78, 5) is 23.9. The van der Waals surface area contributed by atoms with Crippen molar-refractivity contribution in [1.29, 1.82) is 0 Å². The van der Waals surface area contributed by atoms with Gasteiger partial charge in [0.1, 0.15) is 11.5 Å². The minimum Gasteiger partial charge on any atom is -0.469 e. The number of likely N-dealkylation sites (tertiary alicyclic amines) is 1. The van der Waals surface area contributed by atoms with Crippen molar-refractivity contribution in [3.8, 4) is 0 Å². The van der Waals surface area contributed by atoms with E-state index in [0.717, 1.165) is 12.0 Å². The van der Waals surface area contributed by atoms with E-state index in [-0.39, 0.29) is 13.0 Å². The van der Waals surface area contributed by atoms with Gasteiger partial charge >= 0.3 is 12.1 Å². The molecule has 0 aromatic carbocycles. The van der Waals surface area contributed by atoms with E-state index in [1.807, 2.05) is 0 Å². The molecule has 0 N–H and O–H groups in total. The van der Waals surface area contributed by atoms with Crippen molar-refractivity contribution in [1.82, 2.24) is 4.90 Å². The van der Waals surface area contributed by atoms with Gasteiger partial charge in [0.25, 0.3) is 5.92 Å². The number of amides is 1. The highest BCUT2D eigenvalue weighted by molar-refractivity contribution is 5.75. The molecule has 1 rings (SSSR count). The van der Waals surface area contributed by atoms with Crippen LogP contribution in [0.15, 0.2) is 0 Å². The second-order valence-corrected chi connectivity index (χ2v) is 5.53. The van der Waals surface area contributed by atoms with E-state index in [2.05, 4.69) is 4.74 Å². The molecule has 0 radical (unpaired) electrons. The predicted octanol–water partition coefficient (Wildman–Crippen LogP) is 2.05. The second-order valence-electron chi connectivity index (χ2n) is 5.53. The van der Waals surface area contributed by atoms with Crippen LogP contribution in [0.2, 0.25) is 0 Å². The van der Waals surface area contributed by atoms with Crippen LogP contribution >= 0.6 is 0 Å². The summed E-state index contributed by atoms with van der Waals surface area (Å²) >= 11 is 0. The van der Waals surface area contributed by atoms with Gasteiger partial charge in [0.15, 0.2) is 0 Å². The molecule has 1 saturated heterocycles. The first-order valence-electron chi connectivity index (χ1n) is 6.00. The Kier molecular flexibility index (Phi) is 4.37. The maximum absolute atomic E-state index is 13.8. The number of esters is 1. The molecule has 7 heteroatoms. The number of ether oxygens (including phenoxy) is 2. The summed E-state index contributed by atoms with van der Waals surface area (Å²) in [5, 5.41) is 0. The molecule has 0 bridgehead atoms. The van der Waals surface area contributed by atoms with Gasteiger partial charge in [0, 0.05) is 6.54 Å². The lowest BCUT2D eigenvalue weighted by Crippen LogP contribution is -2.54. The number of alkyl halides is 2. The summed E-state index contributed by atoms with van der Waals surface area (Å²) in [7, 11) is 1.07. The van der Waals surface area contributed by atoms with Gasteiger partial charge in [-0.25, -0.2) is 13.6 Å². The van der Waals surface area contributed by atoms with Gasteiger partial charge in [-0.2, -0.15) is 0 Å². The average Bonchev–Trinajstić information content (AvgIpc) is 2.24. The number of methoxy groups -OCH3 is 1. The van der Waals surface area contributed by atoms with Crippen LogP contribution in [0, 0.1) is 5.92 Å². The maximum Gasteiger partial charge on any atom is 0.410 e. The summed E-state index contributed by atoms with van der Waals surface area (Å²) < 4.78 is 37.0. The summed E-state index contributed by atoms with van der Waals surface area (Å²) in [5.74, 6) is -5.76. The molecule has 1 amide bonds. The molecule has 110 valence electrons. The minimum atomic E-state index is -3.30. The Labute approximate surface area is 110 Å². The van der Waals surface area contributed by atoms with Crippen LogP contribution in [0.4, 0.5) is 13.6 Å². The second kappa shape index (κ2) is 5.30. The van der Waals surface area contributed by atoms with E-state index in [9.17, 15) is 18.4 Å². The SMILES string of the molecule is COC(=O)C1CCN(C(=O)OC(C)(C)C)CC1(F)F. The molecule has 19 heavy (non-hydrogen) atoms. The molecule has 1 heterocycles. The monoisotopic (exact) mass is 279 g/mol. The first-order chi connectivity index (χ1) is 8.57. The van der Waals surface area contributed by atoms with E-state index in [1.165, 1.54) is 0 Å². The minimum absolute atomic E-state index is 0.0459. The molecule has 1 aliphatic rings. The molecule has 1 unspecified atom stereocenters. The highest BCUT2D eigenvalue weighted by atomic mass is 19.3. The quantitative estimate of drug-likeness (QED) is 0.689. The number of hydrogen-bond acceptors (Lipinski definition) is 4. The fraction of sp³-hybridized carbons (Fsp3) is 0.833. The van der Waals surface area contributed by atoms with E-state index in [1.54, 1.807) is 20.8 Å². The third-order valence-corrected chi connectivity index (χ3v) is 2.74. The Morgan fingerprint density at radius 3 is 2.32 bits per heavy atom. The zero-order chi connectivity index (χ0) is 14.8. The van der Waals surface area contributed by atoms with Crippen LogP contribution in [0.5, 0.6) is 0 Å². The summed E-state index contributed by atoms with van der Waals surface area (Å²) in [5.41, 5.74) is -0.744. The molecule has 0 aromatic heterocycles. The molecule has 0 aliphatic carbocycles. The molecule has 1 aliphatic heterocycles. The lowest BCUT2D eigenvalue weighted by Gasteiger charge is -2.37. The number of carbonyl (C=O) groups is 2. The van der Waals surface area contributed by atoms with Crippen molar-refractivity contribution in [2.75, 3.05) is 20.2 Å². The van der Waals surface area contributed by atoms with Crippen molar-refractivity contribution < 1.29 is 27.8 Å². The van der Waals surface area contributed by atoms with Crippen molar-refractivity contribution in [3.63, 3.8) is 0 Å². The van der Waals surface area contributed by atoms with Gasteiger partial charge in [-0.15, -0.1) is 0 Å². The lowest BCUT2D eigenvalue weighted by molar-refractivity contribution is -0.169.